The molecule has 0 N–H and O–H groups in total. The molecule has 10 aromatic carbocycles. The largest absolute Gasteiger partial charge is 0.307 e. The van der Waals surface area contributed by atoms with Crippen LogP contribution in [0, 0.1) is 0 Å². The van der Waals surface area contributed by atoms with Crippen molar-refractivity contribution in [2.24, 2.45) is 0 Å². The molecular formula is C70H50N2O2. The summed E-state index contributed by atoms with van der Waals surface area (Å²) in [5, 5.41) is 2.01. The van der Waals surface area contributed by atoms with E-state index in [9.17, 15) is 0 Å². The van der Waals surface area contributed by atoms with Gasteiger partial charge < -0.3 is 4.57 Å². The fourth-order valence-electron chi connectivity index (χ4n) is 10.9. The van der Waals surface area contributed by atoms with Gasteiger partial charge in [0, 0.05) is 33.0 Å². The number of imide groups is 1. The van der Waals surface area contributed by atoms with Crippen LogP contribution < -0.4 is 4.90 Å². The number of hydrogen-bond donors (Lipinski definition) is 0. The van der Waals surface area contributed by atoms with E-state index in [1.54, 1.807) is 6.07 Å². The third-order valence-corrected chi connectivity index (χ3v) is 14.4. The lowest BCUT2D eigenvalue weighted by molar-refractivity contribution is 0.0926. The van der Waals surface area contributed by atoms with Crippen LogP contribution in [0.15, 0.2) is 256 Å². The molecule has 0 saturated heterocycles. The number of para-hydroxylation sites is 3. The summed E-state index contributed by atoms with van der Waals surface area (Å²) in [6, 6.07) is 79.0. The molecule has 1 aliphatic rings. The van der Waals surface area contributed by atoms with E-state index >= 15 is 9.59 Å². The average Bonchev–Trinajstić information content (AvgIpc) is 3.94. The van der Waals surface area contributed by atoms with E-state index in [1.165, 1.54) is 4.90 Å². The molecule has 352 valence electrons. The van der Waals surface area contributed by atoms with Crippen molar-refractivity contribution < 1.29 is 9.59 Å². The number of allylic oxidation sites excluding steroid dienone is 4. The third-order valence-electron chi connectivity index (χ3n) is 14.4. The maximum atomic E-state index is 16.0. The first-order valence-corrected chi connectivity index (χ1v) is 25.0. The Hall–Kier alpha value is -9.64. The van der Waals surface area contributed by atoms with Crippen LogP contribution >= 0.6 is 0 Å². The first kappa shape index (κ1) is 45.5. The van der Waals surface area contributed by atoms with E-state index in [0.717, 1.165) is 111 Å². The fourth-order valence-corrected chi connectivity index (χ4v) is 10.9. The Bertz CT molecular complexity index is 3970. The smallest absolute Gasteiger partial charge is 0.268 e. The summed E-state index contributed by atoms with van der Waals surface area (Å²) in [7, 11) is 0. The summed E-state index contributed by atoms with van der Waals surface area (Å²) in [5.74, 6) is -0.766. The quantitative estimate of drug-likeness (QED) is 0.0958. The number of hydrogen-bond acceptors (Lipinski definition) is 2. The zero-order valence-corrected chi connectivity index (χ0v) is 41.2. The van der Waals surface area contributed by atoms with Crippen molar-refractivity contribution in [2.75, 3.05) is 4.90 Å². The van der Waals surface area contributed by atoms with Gasteiger partial charge in [-0.05, 0) is 124 Å². The summed E-state index contributed by atoms with van der Waals surface area (Å²) in [6.07, 6.45) is 3.96. The Morgan fingerprint density at radius 1 is 0.419 bits per heavy atom. The van der Waals surface area contributed by atoms with Gasteiger partial charge in [-0.2, -0.15) is 0 Å². The van der Waals surface area contributed by atoms with Crippen LogP contribution in [0.2, 0.25) is 0 Å². The predicted octanol–water partition coefficient (Wildman–Crippen LogP) is 18.2. The number of anilines is 1. The highest BCUT2D eigenvalue weighted by atomic mass is 16.2. The summed E-state index contributed by atoms with van der Waals surface area (Å²) < 4.78 is 2.26. The maximum absolute atomic E-state index is 16.0. The van der Waals surface area contributed by atoms with E-state index in [4.69, 9.17) is 0 Å². The standard InChI is InChI=1S/C70H50N2O2/c1-5-46(6-2)52-39-51(45(3)4)40-55(42-52)59-33-20-35-61-62-36-21-34-60(56-43-53(47-23-11-7-12-24-47)41-54(44-56)48-25-13-8-14-26-48)68(62)71(67(59)61)64-38-22-37-63-65(64)70(74)72(69(63)73)66-57(49-27-15-9-16-28-49)31-19-32-58(66)50-29-17-10-18-30-50/h5-44H,1,3H2,2,4H3/b46-6+. The van der Waals surface area contributed by atoms with Crippen molar-refractivity contribution in [3.8, 4) is 72.4 Å². The van der Waals surface area contributed by atoms with E-state index in [2.05, 4.69) is 145 Å². The minimum Gasteiger partial charge on any atom is -0.307 e. The molecule has 0 unspecified atom stereocenters. The lowest BCUT2D eigenvalue weighted by atomic mass is 9.92. The molecule has 2 amide bonds. The molecule has 12 rings (SSSR count). The van der Waals surface area contributed by atoms with Gasteiger partial charge in [-0.1, -0.05) is 213 Å². The zero-order chi connectivity index (χ0) is 50.5. The average molecular weight is 951 g/mol. The minimum absolute atomic E-state index is 0.338. The van der Waals surface area contributed by atoms with E-state index in [1.807, 2.05) is 123 Å². The Balaban J connectivity index is 1.18. The maximum Gasteiger partial charge on any atom is 0.268 e. The first-order chi connectivity index (χ1) is 36.3. The second kappa shape index (κ2) is 18.8. The van der Waals surface area contributed by atoms with Crippen LogP contribution in [0.25, 0.3) is 105 Å². The van der Waals surface area contributed by atoms with Crippen molar-refractivity contribution in [1.82, 2.24) is 4.57 Å². The highest BCUT2D eigenvalue weighted by molar-refractivity contribution is 6.37. The highest BCUT2D eigenvalue weighted by Crippen LogP contribution is 2.48. The highest BCUT2D eigenvalue weighted by Gasteiger charge is 2.42. The molecule has 1 aliphatic heterocycles. The molecule has 0 aliphatic carbocycles. The number of benzene rings is 10. The van der Waals surface area contributed by atoms with Crippen molar-refractivity contribution in [2.45, 2.75) is 13.8 Å². The van der Waals surface area contributed by atoms with Crippen LogP contribution in [0.4, 0.5) is 5.69 Å². The van der Waals surface area contributed by atoms with Gasteiger partial charge in [-0.3, -0.25) is 9.59 Å². The molecule has 0 atom stereocenters. The van der Waals surface area contributed by atoms with Crippen LogP contribution in [0.5, 0.6) is 0 Å². The van der Waals surface area contributed by atoms with Gasteiger partial charge >= 0.3 is 0 Å². The summed E-state index contributed by atoms with van der Waals surface area (Å²) in [5.41, 5.74) is 19.3. The molecule has 4 nitrogen and oxygen atoms in total. The summed E-state index contributed by atoms with van der Waals surface area (Å²) in [6.45, 7) is 12.6. The first-order valence-electron chi connectivity index (χ1n) is 25.0. The number of amides is 2. The second-order valence-electron chi connectivity index (χ2n) is 18.9. The monoisotopic (exact) mass is 950 g/mol. The lowest BCUT2D eigenvalue weighted by Crippen LogP contribution is -2.30. The van der Waals surface area contributed by atoms with Gasteiger partial charge in [0.25, 0.3) is 11.8 Å². The van der Waals surface area contributed by atoms with Gasteiger partial charge in [-0.15, -0.1) is 0 Å². The number of rotatable bonds is 11. The van der Waals surface area contributed by atoms with Gasteiger partial charge in [0.1, 0.15) is 0 Å². The van der Waals surface area contributed by atoms with Gasteiger partial charge in [0.05, 0.1) is 33.5 Å². The Morgan fingerprint density at radius 2 is 0.851 bits per heavy atom. The van der Waals surface area contributed by atoms with Crippen LogP contribution in [0.3, 0.4) is 0 Å². The van der Waals surface area contributed by atoms with Crippen molar-refractivity contribution in [3.63, 3.8) is 0 Å². The van der Waals surface area contributed by atoms with E-state index < -0.39 is 0 Å². The minimum atomic E-state index is -0.390. The summed E-state index contributed by atoms with van der Waals surface area (Å²) in [4.78, 5) is 32.9. The molecule has 2 heterocycles. The van der Waals surface area contributed by atoms with Gasteiger partial charge in [0.15, 0.2) is 0 Å². The third kappa shape index (κ3) is 7.72. The normalized spacial score (nSPS) is 12.4. The van der Waals surface area contributed by atoms with E-state index in [0.29, 0.717) is 22.5 Å². The fraction of sp³-hybridized carbons (Fsp3) is 0.0286. The van der Waals surface area contributed by atoms with Gasteiger partial charge in [-0.25, -0.2) is 4.90 Å². The molecule has 0 radical (unpaired) electrons. The molecule has 0 spiro atoms. The number of carbonyl (C=O) groups excluding carboxylic acids is 2. The number of aromatic nitrogens is 1. The second-order valence-corrected chi connectivity index (χ2v) is 18.9. The Morgan fingerprint density at radius 3 is 1.35 bits per heavy atom. The molecule has 0 bridgehead atoms. The van der Waals surface area contributed by atoms with Crippen molar-refractivity contribution in [3.05, 3.63) is 278 Å². The molecule has 4 heteroatoms. The van der Waals surface area contributed by atoms with Crippen molar-refractivity contribution >= 4 is 50.5 Å². The molecule has 11 aromatic rings. The van der Waals surface area contributed by atoms with Crippen molar-refractivity contribution in [1.29, 1.82) is 0 Å². The SMILES string of the molecule is C=C/C(=C\C)c1cc(C(=C)C)cc(-c2cccc3c4cccc(-c5cc(-c6ccccc6)cc(-c6ccccc6)c5)c4n(-c4cccc5c4C(=O)N(c4c(-c6ccccc6)cccc4-c4ccccc4)C5=O)c23)c1. The lowest BCUT2D eigenvalue weighted by Gasteiger charge is -2.23. The number of carbonyl (C=O) groups is 2. The molecule has 0 saturated carbocycles. The number of fused-ring (bicyclic) bond motifs is 4. The molecule has 0 fully saturated rings. The topological polar surface area (TPSA) is 42.3 Å². The van der Waals surface area contributed by atoms with Crippen LogP contribution in [-0.4, -0.2) is 16.4 Å². The van der Waals surface area contributed by atoms with Gasteiger partial charge in [0.2, 0.25) is 0 Å². The summed E-state index contributed by atoms with van der Waals surface area (Å²) >= 11 is 0. The molecular weight excluding hydrogens is 901 g/mol. The van der Waals surface area contributed by atoms with Crippen LogP contribution in [-0.2, 0) is 0 Å². The zero-order valence-electron chi connectivity index (χ0n) is 41.2. The predicted molar refractivity (Wildman–Crippen MR) is 310 cm³/mol. The number of nitrogens with zero attached hydrogens (tertiary/aromatic N) is 2. The Kier molecular flexibility index (Phi) is 11.6. The molecule has 1 aromatic heterocycles. The van der Waals surface area contributed by atoms with Crippen LogP contribution in [0.1, 0.15) is 45.7 Å². The molecule has 74 heavy (non-hydrogen) atoms. The van der Waals surface area contributed by atoms with E-state index in [-0.39, 0.29) is 11.8 Å². The Labute approximate surface area is 431 Å².